The van der Waals surface area contributed by atoms with Gasteiger partial charge in [0.2, 0.25) is 4.96 Å². The molecule has 3 rings (SSSR count). The molecule has 2 aromatic heterocycles. The van der Waals surface area contributed by atoms with Crippen LogP contribution < -0.4 is 0 Å². The maximum absolute atomic E-state index is 9.76. The lowest BCUT2D eigenvalue weighted by molar-refractivity contribution is 0.275. The van der Waals surface area contributed by atoms with E-state index in [1.54, 1.807) is 15.9 Å². The van der Waals surface area contributed by atoms with Crippen LogP contribution in [0.3, 0.4) is 0 Å². The molecule has 0 bridgehead atoms. The summed E-state index contributed by atoms with van der Waals surface area (Å²) < 4.78 is 1.79. The molecule has 0 aliphatic heterocycles. The van der Waals surface area contributed by atoms with E-state index in [9.17, 15) is 5.11 Å². The molecule has 1 aromatic carbocycles. The topological polar surface area (TPSA) is 50.4 Å². The Morgan fingerprint density at radius 1 is 1.23 bits per heavy atom. The molecule has 116 valence electrons. The van der Waals surface area contributed by atoms with Crippen LogP contribution in [0.5, 0.6) is 0 Å². The van der Waals surface area contributed by atoms with E-state index in [0.717, 1.165) is 39.8 Å². The number of aryl methyl sites for hydroxylation is 1. The quantitative estimate of drug-likeness (QED) is 0.773. The first-order chi connectivity index (χ1) is 10.6. The summed E-state index contributed by atoms with van der Waals surface area (Å²) in [6, 6.07) is 8.45. The summed E-state index contributed by atoms with van der Waals surface area (Å²) in [5.41, 5.74) is 3.96. The molecule has 0 amide bonds. The van der Waals surface area contributed by atoms with Crippen molar-refractivity contribution in [2.75, 3.05) is 0 Å². The third kappa shape index (κ3) is 2.66. The average Bonchev–Trinajstić information content (AvgIpc) is 3.05. The second-order valence-electron chi connectivity index (χ2n) is 5.80. The van der Waals surface area contributed by atoms with Gasteiger partial charge in [-0.25, -0.2) is 9.50 Å². The summed E-state index contributed by atoms with van der Waals surface area (Å²) in [5, 5.41) is 15.4. The number of hydrogen-bond acceptors (Lipinski definition) is 4. The van der Waals surface area contributed by atoms with Crippen molar-refractivity contribution in [1.82, 2.24) is 14.6 Å². The molecule has 0 aliphatic carbocycles. The molecule has 0 saturated carbocycles. The van der Waals surface area contributed by atoms with Gasteiger partial charge in [0.1, 0.15) is 5.01 Å². The highest BCUT2D eigenvalue weighted by atomic mass is 32.1. The SMILES string of the molecule is CCCc1ccc(-c2nc3sc(C(C)C)nn3c2CO)cc1. The monoisotopic (exact) mass is 315 g/mol. The van der Waals surface area contributed by atoms with Crippen LogP contribution in [-0.4, -0.2) is 19.7 Å². The van der Waals surface area contributed by atoms with Crippen molar-refractivity contribution in [1.29, 1.82) is 0 Å². The van der Waals surface area contributed by atoms with Gasteiger partial charge in [0.25, 0.3) is 0 Å². The van der Waals surface area contributed by atoms with Crippen molar-refractivity contribution in [3.05, 3.63) is 40.5 Å². The molecule has 0 spiro atoms. The maximum Gasteiger partial charge on any atom is 0.213 e. The Kier molecular flexibility index (Phi) is 4.27. The molecule has 0 radical (unpaired) electrons. The van der Waals surface area contributed by atoms with E-state index in [4.69, 9.17) is 4.98 Å². The maximum atomic E-state index is 9.76. The minimum atomic E-state index is -0.0610. The zero-order valence-electron chi connectivity index (χ0n) is 13.2. The molecule has 4 nitrogen and oxygen atoms in total. The van der Waals surface area contributed by atoms with Crippen LogP contribution in [-0.2, 0) is 13.0 Å². The lowest BCUT2D eigenvalue weighted by atomic mass is 10.1. The van der Waals surface area contributed by atoms with E-state index < -0.39 is 0 Å². The first kappa shape index (κ1) is 15.2. The number of hydrogen-bond donors (Lipinski definition) is 1. The third-order valence-corrected chi connectivity index (χ3v) is 4.93. The summed E-state index contributed by atoms with van der Waals surface area (Å²) in [5.74, 6) is 0.370. The number of fused-ring (bicyclic) bond motifs is 1. The summed E-state index contributed by atoms with van der Waals surface area (Å²) >= 11 is 1.59. The lowest BCUT2D eigenvalue weighted by Crippen LogP contribution is -1.97. The Bertz CT molecular complexity index is 771. The molecule has 2 heterocycles. The summed E-state index contributed by atoms with van der Waals surface area (Å²) in [4.78, 5) is 5.54. The Labute approximate surface area is 134 Å². The van der Waals surface area contributed by atoms with E-state index in [1.165, 1.54) is 5.56 Å². The first-order valence-corrected chi connectivity index (χ1v) is 8.54. The second kappa shape index (κ2) is 6.18. The number of benzene rings is 1. The van der Waals surface area contributed by atoms with Gasteiger partial charge in [-0.05, 0) is 12.0 Å². The second-order valence-corrected chi connectivity index (χ2v) is 6.79. The molecule has 3 aromatic rings. The van der Waals surface area contributed by atoms with Gasteiger partial charge in [0, 0.05) is 11.5 Å². The molecule has 0 fully saturated rings. The molecular weight excluding hydrogens is 294 g/mol. The fourth-order valence-corrected chi connectivity index (χ4v) is 3.45. The highest BCUT2D eigenvalue weighted by Crippen LogP contribution is 2.29. The van der Waals surface area contributed by atoms with Gasteiger partial charge < -0.3 is 5.11 Å². The van der Waals surface area contributed by atoms with Gasteiger partial charge in [-0.3, -0.25) is 0 Å². The number of aliphatic hydroxyl groups is 1. The Morgan fingerprint density at radius 2 is 1.95 bits per heavy atom. The normalized spacial score (nSPS) is 11.7. The molecule has 0 saturated heterocycles. The van der Waals surface area contributed by atoms with Gasteiger partial charge in [-0.1, -0.05) is 62.8 Å². The molecule has 22 heavy (non-hydrogen) atoms. The number of aromatic nitrogens is 3. The zero-order chi connectivity index (χ0) is 15.7. The van der Waals surface area contributed by atoms with Crippen LogP contribution in [0.2, 0.25) is 0 Å². The van der Waals surface area contributed by atoms with Gasteiger partial charge in [0.15, 0.2) is 0 Å². The van der Waals surface area contributed by atoms with Crippen molar-refractivity contribution in [3.63, 3.8) is 0 Å². The minimum Gasteiger partial charge on any atom is -0.390 e. The molecular formula is C17H21N3OS. The number of nitrogens with zero attached hydrogens (tertiary/aromatic N) is 3. The van der Waals surface area contributed by atoms with Crippen LogP contribution in [0.1, 0.15) is 49.4 Å². The van der Waals surface area contributed by atoms with Crippen LogP contribution in [0.25, 0.3) is 16.2 Å². The highest BCUT2D eigenvalue weighted by Gasteiger charge is 2.18. The van der Waals surface area contributed by atoms with Crippen molar-refractivity contribution in [2.24, 2.45) is 0 Å². The summed E-state index contributed by atoms with van der Waals surface area (Å²) in [6.07, 6.45) is 2.23. The molecule has 0 aliphatic rings. The summed E-state index contributed by atoms with van der Waals surface area (Å²) in [7, 11) is 0. The van der Waals surface area contributed by atoms with Crippen molar-refractivity contribution < 1.29 is 5.11 Å². The standard InChI is InChI=1S/C17H21N3OS/c1-4-5-12-6-8-13(9-7-12)15-14(10-21)20-17(18-15)22-16(19-20)11(2)3/h6-9,11,21H,4-5,10H2,1-3H3. The zero-order valence-corrected chi connectivity index (χ0v) is 14.0. The molecule has 5 heteroatoms. The Hall–Kier alpha value is -1.72. The lowest BCUT2D eigenvalue weighted by Gasteiger charge is -2.03. The van der Waals surface area contributed by atoms with Crippen LogP contribution in [0.4, 0.5) is 0 Å². The van der Waals surface area contributed by atoms with E-state index in [2.05, 4.69) is 50.1 Å². The Balaban J connectivity index is 2.04. The van der Waals surface area contributed by atoms with Gasteiger partial charge in [-0.15, -0.1) is 0 Å². The van der Waals surface area contributed by atoms with E-state index in [0.29, 0.717) is 5.92 Å². The van der Waals surface area contributed by atoms with E-state index in [1.807, 2.05) is 0 Å². The van der Waals surface area contributed by atoms with Crippen LogP contribution in [0, 0.1) is 0 Å². The minimum absolute atomic E-state index is 0.0610. The highest BCUT2D eigenvalue weighted by molar-refractivity contribution is 7.16. The Morgan fingerprint density at radius 3 is 2.55 bits per heavy atom. The largest absolute Gasteiger partial charge is 0.390 e. The van der Waals surface area contributed by atoms with Crippen LogP contribution >= 0.6 is 11.3 Å². The predicted octanol–water partition coefficient (Wildman–Crippen LogP) is 4.03. The average molecular weight is 315 g/mol. The van der Waals surface area contributed by atoms with Crippen molar-refractivity contribution >= 4 is 16.3 Å². The summed E-state index contributed by atoms with van der Waals surface area (Å²) in [6.45, 7) is 6.35. The van der Waals surface area contributed by atoms with Crippen molar-refractivity contribution in [2.45, 2.75) is 46.1 Å². The van der Waals surface area contributed by atoms with Crippen LogP contribution in [0.15, 0.2) is 24.3 Å². The first-order valence-electron chi connectivity index (χ1n) is 7.72. The van der Waals surface area contributed by atoms with Gasteiger partial charge in [-0.2, -0.15) is 5.10 Å². The van der Waals surface area contributed by atoms with Gasteiger partial charge >= 0.3 is 0 Å². The third-order valence-electron chi connectivity index (χ3n) is 3.72. The fourth-order valence-electron chi connectivity index (χ4n) is 2.53. The fraction of sp³-hybridized carbons (Fsp3) is 0.412. The molecule has 0 unspecified atom stereocenters. The smallest absolute Gasteiger partial charge is 0.213 e. The number of rotatable bonds is 5. The molecule has 1 N–H and O–H groups in total. The predicted molar refractivity (Wildman–Crippen MR) is 90.3 cm³/mol. The van der Waals surface area contributed by atoms with Gasteiger partial charge in [0.05, 0.1) is 18.0 Å². The van der Waals surface area contributed by atoms with Crippen molar-refractivity contribution in [3.8, 4) is 11.3 Å². The van der Waals surface area contributed by atoms with E-state index >= 15 is 0 Å². The number of imidazole rings is 1. The number of aliphatic hydroxyl groups excluding tert-OH is 1. The van der Waals surface area contributed by atoms with E-state index in [-0.39, 0.29) is 6.61 Å². The molecule has 0 atom stereocenters.